The van der Waals surface area contributed by atoms with Crippen LogP contribution in [-0.2, 0) is 24.2 Å². The van der Waals surface area contributed by atoms with Crippen LogP contribution in [0, 0.1) is 11.6 Å². The van der Waals surface area contributed by atoms with E-state index < -0.39 is 42.0 Å². The van der Waals surface area contributed by atoms with Gasteiger partial charge in [-0.05, 0) is 60.9 Å². The fraction of sp³-hybridized carbons (Fsp3) is 0.567. The van der Waals surface area contributed by atoms with Crippen molar-refractivity contribution in [3.8, 4) is 0 Å². The minimum absolute atomic E-state index is 0.0237. The van der Waals surface area contributed by atoms with E-state index >= 15 is 0 Å². The summed E-state index contributed by atoms with van der Waals surface area (Å²) in [5, 5.41) is 38.2. The zero-order valence-corrected chi connectivity index (χ0v) is 22.5. The third-order valence-electron chi connectivity index (χ3n) is 7.99. The molecule has 1 saturated heterocycles. The minimum Gasteiger partial charge on any atom is -0.392 e. The molecule has 1 aliphatic carbocycles. The summed E-state index contributed by atoms with van der Waals surface area (Å²) in [7, 11) is 0. The summed E-state index contributed by atoms with van der Waals surface area (Å²) in [5.41, 5.74) is 2.59. The normalized spacial score (nSPS) is 25.4. The number of nitrogens with one attached hydrogen (secondary N) is 2. The van der Waals surface area contributed by atoms with Gasteiger partial charge >= 0.3 is 0 Å². The smallest absolute Gasteiger partial charge is 0.237 e. The fourth-order valence-electron chi connectivity index (χ4n) is 5.95. The molecule has 1 saturated carbocycles. The van der Waals surface area contributed by atoms with E-state index in [1.54, 1.807) is 0 Å². The number of nitrogens with zero attached hydrogens (tertiary/aromatic N) is 1. The lowest BCUT2D eigenvalue weighted by Crippen LogP contribution is -2.56. The van der Waals surface area contributed by atoms with E-state index in [0.29, 0.717) is 25.1 Å². The van der Waals surface area contributed by atoms with Crippen molar-refractivity contribution in [2.75, 3.05) is 13.1 Å². The Morgan fingerprint density at radius 1 is 1.05 bits per heavy atom. The second-order valence-electron chi connectivity index (χ2n) is 11.0. The molecule has 1 amide bonds. The third-order valence-corrected chi connectivity index (χ3v) is 7.99. The molecule has 9 heteroatoms. The summed E-state index contributed by atoms with van der Waals surface area (Å²) in [5.74, 6) is -1.83. The van der Waals surface area contributed by atoms with Gasteiger partial charge in [0.15, 0.2) is 0 Å². The van der Waals surface area contributed by atoms with Crippen LogP contribution in [0.15, 0.2) is 42.5 Å². The van der Waals surface area contributed by atoms with Gasteiger partial charge < -0.3 is 26.0 Å². The van der Waals surface area contributed by atoms with Crippen molar-refractivity contribution in [3.05, 3.63) is 70.8 Å². The number of aryl methyl sites for hydroxylation is 1. The number of carbonyl (C=O) groups excluding carboxylic acids is 1. The highest BCUT2D eigenvalue weighted by atomic mass is 19.1. The molecular weight excluding hydrogens is 504 g/mol. The third kappa shape index (κ3) is 8.05. The maximum Gasteiger partial charge on any atom is 0.237 e. The Hall–Kier alpha value is -2.43. The van der Waals surface area contributed by atoms with Crippen molar-refractivity contribution in [1.29, 1.82) is 0 Å². The van der Waals surface area contributed by atoms with Gasteiger partial charge in [0.05, 0.1) is 30.4 Å². The van der Waals surface area contributed by atoms with Gasteiger partial charge in [0.2, 0.25) is 5.91 Å². The lowest BCUT2D eigenvalue weighted by atomic mass is 9.91. The summed E-state index contributed by atoms with van der Waals surface area (Å²) < 4.78 is 27.8. The van der Waals surface area contributed by atoms with E-state index in [4.69, 9.17) is 0 Å². The minimum atomic E-state index is -1.05. The van der Waals surface area contributed by atoms with Crippen molar-refractivity contribution in [1.82, 2.24) is 15.5 Å². The van der Waals surface area contributed by atoms with E-state index in [-0.39, 0.29) is 31.3 Å². The lowest BCUT2D eigenvalue weighted by Gasteiger charge is -2.38. The van der Waals surface area contributed by atoms with E-state index in [1.807, 2.05) is 17.0 Å². The molecule has 2 aromatic rings. The number of hydrogen-bond donors (Lipinski definition) is 5. The first-order chi connectivity index (χ1) is 18.7. The molecule has 6 atom stereocenters. The Bertz CT molecular complexity index is 1080. The Kier molecular flexibility index (Phi) is 10.4. The van der Waals surface area contributed by atoms with E-state index in [1.165, 1.54) is 17.7 Å². The van der Waals surface area contributed by atoms with Crippen LogP contribution in [0.5, 0.6) is 0 Å². The summed E-state index contributed by atoms with van der Waals surface area (Å²) in [6, 6.07) is 9.59. The predicted octanol–water partition coefficient (Wildman–Crippen LogP) is 2.44. The Morgan fingerprint density at radius 3 is 2.49 bits per heavy atom. The predicted molar refractivity (Wildman–Crippen MR) is 145 cm³/mol. The van der Waals surface area contributed by atoms with E-state index in [0.717, 1.165) is 37.3 Å². The van der Waals surface area contributed by atoms with Crippen LogP contribution in [0.2, 0.25) is 0 Å². The molecule has 2 aliphatic rings. The van der Waals surface area contributed by atoms with Crippen molar-refractivity contribution in [2.45, 2.75) is 94.9 Å². The zero-order chi connectivity index (χ0) is 27.9. The Balaban J connectivity index is 1.46. The molecule has 1 aliphatic heterocycles. The van der Waals surface area contributed by atoms with Gasteiger partial charge in [0, 0.05) is 31.7 Å². The number of amides is 1. The molecule has 0 spiro atoms. The number of halogens is 2. The van der Waals surface area contributed by atoms with Crippen LogP contribution in [-0.4, -0.2) is 75.7 Å². The second-order valence-corrected chi connectivity index (χ2v) is 11.0. The number of hydrogen-bond acceptors (Lipinski definition) is 6. The van der Waals surface area contributed by atoms with Gasteiger partial charge in [0.25, 0.3) is 0 Å². The highest BCUT2D eigenvalue weighted by Crippen LogP contribution is 2.30. The van der Waals surface area contributed by atoms with Gasteiger partial charge in [0.1, 0.15) is 11.6 Å². The average Bonchev–Trinajstić information content (AvgIpc) is 3.29. The van der Waals surface area contributed by atoms with Crippen molar-refractivity contribution in [2.24, 2.45) is 0 Å². The quantitative estimate of drug-likeness (QED) is 0.297. The number of β-amino-alcohol motifs (C(OH)–C–C–N with tert-alkyl or cyclic N) is 1. The van der Waals surface area contributed by atoms with E-state index in [9.17, 15) is 28.9 Å². The molecule has 2 fully saturated rings. The number of benzene rings is 2. The Labute approximate surface area is 229 Å². The maximum atomic E-state index is 13.9. The monoisotopic (exact) mass is 545 g/mol. The van der Waals surface area contributed by atoms with Crippen LogP contribution in [0.3, 0.4) is 0 Å². The van der Waals surface area contributed by atoms with Gasteiger partial charge in [-0.2, -0.15) is 0 Å². The number of carbonyl (C=O) groups is 1. The molecule has 0 bridgehead atoms. The molecule has 0 aromatic heterocycles. The van der Waals surface area contributed by atoms with Crippen molar-refractivity contribution in [3.63, 3.8) is 0 Å². The topological polar surface area (TPSA) is 105 Å². The lowest BCUT2D eigenvalue weighted by molar-refractivity contribution is -0.129. The molecule has 214 valence electrons. The highest BCUT2D eigenvalue weighted by Gasteiger charge is 2.43. The largest absolute Gasteiger partial charge is 0.392 e. The number of likely N-dealkylation sites (tertiary alicyclic amines) is 1. The molecule has 2 unspecified atom stereocenters. The first-order valence-electron chi connectivity index (χ1n) is 14.1. The van der Waals surface area contributed by atoms with Gasteiger partial charge in [-0.3, -0.25) is 9.69 Å². The molecule has 0 radical (unpaired) electrons. The van der Waals surface area contributed by atoms with Crippen LogP contribution >= 0.6 is 0 Å². The van der Waals surface area contributed by atoms with Crippen LogP contribution in [0.25, 0.3) is 0 Å². The maximum absolute atomic E-state index is 13.9. The molecular formula is C30H41F2N3O4. The molecule has 1 heterocycles. The number of aliphatic hydroxyl groups excluding tert-OH is 3. The highest BCUT2D eigenvalue weighted by molar-refractivity contribution is 5.82. The molecule has 7 nitrogen and oxygen atoms in total. The standard InChI is InChI=1S/C30H41F2N3O4/c1-2-19-6-5-7-20(10-19)16-33-17-29(38)25(13-21-11-22(31)14-23(32)12-21)34-30(39)27-15-24(36)18-35(27)26-8-3-4-9-28(26)37/h5-7,10-12,14,24-29,33,36-38H,2-4,8-9,13,15-18H2,1H3,(H,34,39)/t24?,25-,26-,27?,28+,29+/m1/s1. The molecule has 2 aromatic carbocycles. The zero-order valence-electron chi connectivity index (χ0n) is 22.5. The summed E-state index contributed by atoms with van der Waals surface area (Å²) >= 11 is 0. The van der Waals surface area contributed by atoms with Gasteiger partial charge in [-0.25, -0.2) is 8.78 Å². The van der Waals surface area contributed by atoms with Crippen LogP contribution in [0.1, 0.15) is 55.7 Å². The molecule has 5 N–H and O–H groups in total. The fourth-order valence-corrected chi connectivity index (χ4v) is 5.95. The van der Waals surface area contributed by atoms with Crippen LogP contribution < -0.4 is 10.6 Å². The Morgan fingerprint density at radius 2 is 1.77 bits per heavy atom. The average molecular weight is 546 g/mol. The first kappa shape index (κ1) is 29.6. The molecule has 39 heavy (non-hydrogen) atoms. The van der Waals surface area contributed by atoms with Crippen molar-refractivity contribution >= 4 is 5.91 Å². The van der Waals surface area contributed by atoms with Crippen molar-refractivity contribution < 1.29 is 28.9 Å². The second kappa shape index (κ2) is 13.8. The number of rotatable bonds is 11. The van der Waals surface area contributed by atoms with Gasteiger partial charge in [-0.15, -0.1) is 0 Å². The summed E-state index contributed by atoms with van der Waals surface area (Å²) in [6.07, 6.45) is 2.13. The van der Waals surface area contributed by atoms with E-state index in [2.05, 4.69) is 29.7 Å². The van der Waals surface area contributed by atoms with Gasteiger partial charge in [-0.1, -0.05) is 44.0 Å². The molecule has 4 rings (SSSR count). The van der Waals surface area contributed by atoms with Crippen LogP contribution in [0.4, 0.5) is 8.78 Å². The number of aliphatic hydroxyl groups is 3. The SMILES string of the molecule is CCc1cccc(CNC[C@H](O)[C@@H](Cc2cc(F)cc(F)c2)NC(=O)C2CC(O)CN2[C@@H]2CCCC[C@@H]2O)c1. The summed E-state index contributed by atoms with van der Waals surface area (Å²) in [6.45, 7) is 3.04. The summed E-state index contributed by atoms with van der Waals surface area (Å²) in [4.78, 5) is 15.4. The first-order valence-corrected chi connectivity index (χ1v) is 14.1.